The lowest BCUT2D eigenvalue weighted by atomic mass is 10.2. The van der Waals surface area contributed by atoms with Crippen LogP contribution in [0, 0.1) is 6.92 Å². The number of rotatable bonds is 8. The molecule has 0 saturated carbocycles. The number of carbonyl (C=O) groups is 1. The first-order chi connectivity index (χ1) is 11.6. The summed E-state index contributed by atoms with van der Waals surface area (Å²) in [4.78, 5) is 17.9. The van der Waals surface area contributed by atoms with Crippen molar-refractivity contribution in [2.75, 3.05) is 19.7 Å². The number of ether oxygens (including phenoxy) is 1. The van der Waals surface area contributed by atoms with Crippen LogP contribution < -0.4 is 10.1 Å². The molecule has 1 unspecified atom stereocenters. The van der Waals surface area contributed by atoms with Gasteiger partial charge in [0.25, 0.3) is 0 Å². The molecule has 0 bridgehead atoms. The SMILES string of the molecule is CCN(CCOc1cccc(C)c1)C(=O)NC(C)Cn1cncn1. The van der Waals surface area contributed by atoms with Crippen LogP contribution in [0.15, 0.2) is 36.9 Å². The molecule has 7 heteroatoms. The molecule has 0 saturated heterocycles. The topological polar surface area (TPSA) is 72.3 Å². The van der Waals surface area contributed by atoms with Crippen LogP contribution in [0.3, 0.4) is 0 Å². The summed E-state index contributed by atoms with van der Waals surface area (Å²) >= 11 is 0. The Bertz CT molecular complexity index is 630. The first-order valence-corrected chi connectivity index (χ1v) is 8.15. The van der Waals surface area contributed by atoms with Gasteiger partial charge in [-0.15, -0.1) is 0 Å². The third kappa shape index (κ3) is 5.57. The van der Waals surface area contributed by atoms with Gasteiger partial charge in [-0.05, 0) is 38.5 Å². The van der Waals surface area contributed by atoms with Crippen LogP contribution in [0.25, 0.3) is 0 Å². The molecule has 2 rings (SSSR count). The summed E-state index contributed by atoms with van der Waals surface area (Å²) in [7, 11) is 0. The highest BCUT2D eigenvalue weighted by Gasteiger charge is 2.14. The molecule has 2 amide bonds. The summed E-state index contributed by atoms with van der Waals surface area (Å²) in [5.74, 6) is 0.825. The van der Waals surface area contributed by atoms with Crippen LogP contribution in [0.2, 0.25) is 0 Å². The highest BCUT2D eigenvalue weighted by molar-refractivity contribution is 5.74. The van der Waals surface area contributed by atoms with Crippen molar-refractivity contribution in [1.29, 1.82) is 0 Å². The van der Waals surface area contributed by atoms with Gasteiger partial charge in [0.05, 0.1) is 13.1 Å². The summed E-state index contributed by atoms with van der Waals surface area (Å²) in [6.07, 6.45) is 3.12. The van der Waals surface area contributed by atoms with Crippen molar-refractivity contribution in [2.45, 2.75) is 33.4 Å². The van der Waals surface area contributed by atoms with E-state index in [0.29, 0.717) is 26.2 Å². The average Bonchev–Trinajstić information content (AvgIpc) is 3.04. The second-order valence-corrected chi connectivity index (χ2v) is 5.71. The van der Waals surface area contributed by atoms with E-state index in [9.17, 15) is 4.79 Å². The van der Waals surface area contributed by atoms with Gasteiger partial charge in [-0.2, -0.15) is 5.10 Å². The van der Waals surface area contributed by atoms with Crippen molar-refractivity contribution < 1.29 is 9.53 Å². The van der Waals surface area contributed by atoms with E-state index in [1.165, 1.54) is 6.33 Å². The average molecular weight is 331 g/mol. The summed E-state index contributed by atoms with van der Waals surface area (Å²) in [6, 6.07) is 7.75. The molecule has 1 N–H and O–H groups in total. The zero-order valence-corrected chi connectivity index (χ0v) is 14.5. The highest BCUT2D eigenvalue weighted by atomic mass is 16.5. The standard InChI is InChI=1S/C17H25N5O2/c1-4-21(8-9-24-16-7-5-6-14(2)10-16)17(23)20-15(3)11-22-13-18-12-19-22/h5-7,10,12-13,15H,4,8-9,11H2,1-3H3,(H,20,23). The van der Waals surface area contributed by atoms with Crippen LogP contribution in [0.1, 0.15) is 19.4 Å². The number of amides is 2. The van der Waals surface area contributed by atoms with Crippen molar-refractivity contribution in [3.8, 4) is 5.75 Å². The number of benzene rings is 1. The lowest BCUT2D eigenvalue weighted by Gasteiger charge is -2.24. The summed E-state index contributed by atoms with van der Waals surface area (Å²) in [6.45, 7) is 8.12. The van der Waals surface area contributed by atoms with E-state index in [1.54, 1.807) is 15.9 Å². The number of nitrogens with one attached hydrogen (secondary N) is 1. The Morgan fingerprint density at radius 1 is 1.46 bits per heavy atom. The smallest absolute Gasteiger partial charge is 0.317 e. The van der Waals surface area contributed by atoms with Gasteiger partial charge in [0.2, 0.25) is 0 Å². The van der Waals surface area contributed by atoms with Crippen molar-refractivity contribution >= 4 is 6.03 Å². The molecule has 1 heterocycles. The number of carbonyl (C=O) groups excluding carboxylic acids is 1. The third-order valence-corrected chi connectivity index (χ3v) is 3.59. The number of aromatic nitrogens is 3. The van der Waals surface area contributed by atoms with Gasteiger partial charge in [-0.1, -0.05) is 12.1 Å². The maximum absolute atomic E-state index is 12.3. The van der Waals surface area contributed by atoms with Crippen LogP contribution in [-0.2, 0) is 6.54 Å². The molecular weight excluding hydrogens is 306 g/mol. The van der Waals surface area contributed by atoms with E-state index < -0.39 is 0 Å². The van der Waals surface area contributed by atoms with Gasteiger partial charge in [0, 0.05) is 12.6 Å². The second-order valence-electron chi connectivity index (χ2n) is 5.71. The van der Waals surface area contributed by atoms with Crippen LogP contribution >= 0.6 is 0 Å². The Hall–Kier alpha value is -2.57. The molecule has 2 aromatic rings. The fourth-order valence-corrected chi connectivity index (χ4v) is 2.34. The second kappa shape index (κ2) is 8.90. The van der Waals surface area contributed by atoms with E-state index in [2.05, 4.69) is 15.4 Å². The quantitative estimate of drug-likeness (QED) is 0.804. The van der Waals surface area contributed by atoms with Gasteiger partial charge in [-0.25, -0.2) is 9.78 Å². The number of likely N-dealkylation sites (N-methyl/N-ethyl adjacent to an activating group) is 1. The first kappa shape index (κ1) is 17.8. The van der Waals surface area contributed by atoms with E-state index in [0.717, 1.165) is 11.3 Å². The zero-order chi connectivity index (χ0) is 17.4. The zero-order valence-electron chi connectivity index (χ0n) is 14.5. The molecule has 0 fully saturated rings. The first-order valence-electron chi connectivity index (χ1n) is 8.15. The molecule has 0 aliphatic heterocycles. The van der Waals surface area contributed by atoms with Gasteiger partial charge in [0.1, 0.15) is 25.0 Å². The molecule has 0 radical (unpaired) electrons. The largest absolute Gasteiger partial charge is 0.492 e. The van der Waals surface area contributed by atoms with Gasteiger partial charge >= 0.3 is 6.03 Å². The van der Waals surface area contributed by atoms with Crippen LogP contribution in [0.4, 0.5) is 4.79 Å². The van der Waals surface area contributed by atoms with Crippen molar-refractivity contribution in [3.63, 3.8) is 0 Å². The molecule has 1 atom stereocenters. The summed E-state index contributed by atoms with van der Waals surface area (Å²) < 4.78 is 7.41. The number of hydrogen-bond acceptors (Lipinski definition) is 4. The van der Waals surface area contributed by atoms with E-state index in [4.69, 9.17) is 4.74 Å². The lowest BCUT2D eigenvalue weighted by Crippen LogP contribution is -2.46. The van der Waals surface area contributed by atoms with Gasteiger partial charge < -0.3 is 15.0 Å². The van der Waals surface area contributed by atoms with Crippen molar-refractivity contribution in [1.82, 2.24) is 25.0 Å². The minimum Gasteiger partial charge on any atom is -0.492 e. The Kier molecular flexibility index (Phi) is 6.60. The van der Waals surface area contributed by atoms with Crippen LogP contribution in [-0.4, -0.2) is 51.4 Å². The Balaban J connectivity index is 1.76. The minimum absolute atomic E-state index is 0.0362. The number of nitrogens with zero attached hydrogens (tertiary/aromatic N) is 4. The van der Waals surface area contributed by atoms with Crippen molar-refractivity contribution in [3.05, 3.63) is 42.5 Å². The molecule has 24 heavy (non-hydrogen) atoms. The van der Waals surface area contributed by atoms with E-state index in [-0.39, 0.29) is 12.1 Å². The molecule has 1 aromatic carbocycles. The van der Waals surface area contributed by atoms with E-state index in [1.807, 2.05) is 45.0 Å². The summed E-state index contributed by atoms with van der Waals surface area (Å²) in [5.41, 5.74) is 1.15. The minimum atomic E-state index is -0.0991. The van der Waals surface area contributed by atoms with Gasteiger partial charge in [-0.3, -0.25) is 4.68 Å². The maximum atomic E-state index is 12.3. The monoisotopic (exact) mass is 331 g/mol. The van der Waals surface area contributed by atoms with Crippen LogP contribution in [0.5, 0.6) is 5.75 Å². The predicted octanol–water partition coefficient (Wildman–Crippen LogP) is 2.09. The Morgan fingerprint density at radius 3 is 2.96 bits per heavy atom. The Morgan fingerprint density at radius 2 is 2.29 bits per heavy atom. The maximum Gasteiger partial charge on any atom is 0.317 e. The number of hydrogen-bond donors (Lipinski definition) is 1. The van der Waals surface area contributed by atoms with Gasteiger partial charge in [0.15, 0.2) is 0 Å². The fraction of sp³-hybridized carbons (Fsp3) is 0.471. The highest BCUT2D eigenvalue weighted by Crippen LogP contribution is 2.12. The normalized spacial score (nSPS) is 11.8. The summed E-state index contributed by atoms with van der Waals surface area (Å²) in [5, 5.41) is 7.01. The molecule has 0 spiro atoms. The lowest BCUT2D eigenvalue weighted by molar-refractivity contribution is 0.181. The number of aryl methyl sites for hydroxylation is 1. The molecule has 7 nitrogen and oxygen atoms in total. The fourth-order valence-electron chi connectivity index (χ4n) is 2.34. The third-order valence-electron chi connectivity index (χ3n) is 3.59. The predicted molar refractivity (Wildman–Crippen MR) is 91.9 cm³/mol. The molecule has 1 aromatic heterocycles. The molecular formula is C17H25N5O2. The van der Waals surface area contributed by atoms with E-state index >= 15 is 0 Å². The van der Waals surface area contributed by atoms with Crippen molar-refractivity contribution in [2.24, 2.45) is 0 Å². The molecule has 0 aliphatic carbocycles. The number of urea groups is 1. The Labute approximate surface area is 142 Å². The molecule has 0 aliphatic rings. The molecule has 130 valence electrons.